The Hall–Kier alpha value is -1.80. The van der Waals surface area contributed by atoms with E-state index in [9.17, 15) is 4.79 Å². The zero-order valence-corrected chi connectivity index (χ0v) is 22.0. The molecule has 2 atom stereocenters. The quantitative estimate of drug-likeness (QED) is 0.558. The largest absolute Gasteiger partial charge is 0.496 e. The number of amides is 1. The van der Waals surface area contributed by atoms with Crippen LogP contribution in [0.15, 0.2) is 36.4 Å². The van der Waals surface area contributed by atoms with Crippen LogP contribution in [0.25, 0.3) is 10.8 Å². The molecule has 2 aliphatic heterocycles. The van der Waals surface area contributed by atoms with Crippen LogP contribution in [0.1, 0.15) is 59.1 Å². The molecular weight excluding hydrogens is 448 g/mol. The third-order valence-corrected chi connectivity index (χ3v) is 7.54. The van der Waals surface area contributed by atoms with Crippen LogP contribution in [0, 0.1) is 5.92 Å². The molecule has 2 saturated heterocycles. The second kappa shape index (κ2) is 10.1. The van der Waals surface area contributed by atoms with Gasteiger partial charge in [-0.05, 0) is 70.2 Å². The molecule has 4 rings (SSSR count). The van der Waals surface area contributed by atoms with Gasteiger partial charge in [0.1, 0.15) is 5.75 Å². The Balaban J connectivity index is 1.57. The fraction of sp³-hybridized carbons (Fsp3) is 0.593. The van der Waals surface area contributed by atoms with Crippen molar-refractivity contribution in [2.45, 2.75) is 70.1 Å². The van der Waals surface area contributed by atoms with Gasteiger partial charge in [0.2, 0.25) is 0 Å². The lowest BCUT2D eigenvalue weighted by Crippen LogP contribution is -2.46. The Bertz CT molecular complexity index is 1010. The minimum absolute atomic E-state index is 0.0420. The summed E-state index contributed by atoms with van der Waals surface area (Å²) in [6.07, 6.45) is 1.32. The summed E-state index contributed by atoms with van der Waals surface area (Å²) >= 11 is 1.76. The third-order valence-electron chi connectivity index (χ3n) is 6.56. The van der Waals surface area contributed by atoms with Crippen molar-refractivity contribution >= 4 is 28.6 Å². The highest BCUT2D eigenvalue weighted by Crippen LogP contribution is 2.42. The van der Waals surface area contributed by atoms with Crippen LogP contribution >= 0.6 is 11.9 Å². The van der Waals surface area contributed by atoms with Crippen molar-refractivity contribution in [1.29, 1.82) is 0 Å². The van der Waals surface area contributed by atoms with Gasteiger partial charge < -0.3 is 19.1 Å². The van der Waals surface area contributed by atoms with E-state index in [1.54, 1.807) is 19.1 Å². The molecule has 6 nitrogen and oxygen atoms in total. The van der Waals surface area contributed by atoms with Crippen LogP contribution in [0.3, 0.4) is 0 Å². The normalized spacial score (nSPS) is 22.2. The average molecular weight is 487 g/mol. The Morgan fingerprint density at radius 2 is 1.88 bits per heavy atom. The molecule has 34 heavy (non-hydrogen) atoms. The van der Waals surface area contributed by atoms with Crippen LogP contribution in [-0.4, -0.2) is 54.3 Å². The van der Waals surface area contributed by atoms with Crippen LogP contribution in [0.4, 0.5) is 0 Å². The maximum atomic E-state index is 13.0. The van der Waals surface area contributed by atoms with E-state index in [1.165, 1.54) is 16.3 Å². The van der Waals surface area contributed by atoms with Crippen LogP contribution in [-0.2, 0) is 14.3 Å². The summed E-state index contributed by atoms with van der Waals surface area (Å²) in [5.74, 6) is 0.627. The first-order valence-electron chi connectivity index (χ1n) is 12.2. The van der Waals surface area contributed by atoms with E-state index in [0.29, 0.717) is 12.5 Å². The fourth-order valence-electron chi connectivity index (χ4n) is 4.87. The highest BCUT2D eigenvalue weighted by atomic mass is 32.2. The number of likely N-dealkylation sites (tertiary alicyclic amines) is 1. The first-order chi connectivity index (χ1) is 16.1. The number of hydrogen-bond acceptors (Lipinski definition) is 6. The number of carbonyl (C=O) groups is 1. The van der Waals surface area contributed by atoms with E-state index >= 15 is 0 Å². The lowest BCUT2D eigenvalue weighted by molar-refractivity contribution is -0.161. The smallest absolute Gasteiger partial charge is 0.254 e. The summed E-state index contributed by atoms with van der Waals surface area (Å²) in [4.78, 5) is 15.0. The number of ether oxygens (including phenoxy) is 3. The van der Waals surface area contributed by atoms with Crippen molar-refractivity contribution in [3.8, 4) is 5.75 Å². The molecule has 2 aromatic rings. The molecule has 0 aromatic heterocycles. The van der Waals surface area contributed by atoms with E-state index in [2.05, 4.69) is 61.9 Å². The number of benzene rings is 2. The molecule has 0 spiro atoms. The van der Waals surface area contributed by atoms with Crippen molar-refractivity contribution < 1.29 is 19.0 Å². The topological polar surface area (TPSA) is 60.0 Å². The molecule has 2 heterocycles. The van der Waals surface area contributed by atoms with Gasteiger partial charge in [-0.25, -0.2) is 0 Å². The van der Waals surface area contributed by atoms with Gasteiger partial charge in [-0.15, -0.1) is 0 Å². The number of fused-ring (bicyclic) bond motifs is 1. The van der Waals surface area contributed by atoms with Crippen molar-refractivity contribution in [3.63, 3.8) is 0 Å². The molecule has 2 aliphatic rings. The number of nitrogens with one attached hydrogen (secondary N) is 1. The minimum atomic E-state index is -0.692. The number of rotatable bonds is 6. The Labute approximate surface area is 207 Å². The molecule has 2 aromatic carbocycles. The zero-order valence-electron chi connectivity index (χ0n) is 21.2. The molecule has 0 bridgehead atoms. The number of carbonyl (C=O) groups excluding carboxylic acids is 1. The van der Waals surface area contributed by atoms with Gasteiger partial charge in [-0.1, -0.05) is 42.3 Å². The molecule has 2 fully saturated rings. The summed E-state index contributed by atoms with van der Waals surface area (Å²) in [5, 5.41) is 2.42. The highest BCUT2D eigenvalue weighted by Gasteiger charge is 2.40. The summed E-state index contributed by atoms with van der Waals surface area (Å²) in [6.45, 7) is 12.1. The average Bonchev–Trinajstić information content (AvgIpc) is 3.18. The van der Waals surface area contributed by atoms with Crippen molar-refractivity contribution in [1.82, 2.24) is 9.62 Å². The predicted octanol–water partition coefficient (Wildman–Crippen LogP) is 5.32. The van der Waals surface area contributed by atoms with E-state index < -0.39 is 11.9 Å². The third kappa shape index (κ3) is 5.70. The number of piperidine rings is 1. The maximum Gasteiger partial charge on any atom is 0.254 e. The SMILES string of the molecule is COc1ccc2ccccc2c1C(NSC(C)(C)C)C1CCN(C(=O)C2COC(C)(C)O2)CC1. The molecule has 1 amide bonds. The summed E-state index contributed by atoms with van der Waals surface area (Å²) < 4.78 is 21.2. The number of methoxy groups -OCH3 is 1. The predicted molar refractivity (Wildman–Crippen MR) is 138 cm³/mol. The van der Waals surface area contributed by atoms with Crippen molar-refractivity contribution in [3.05, 3.63) is 42.0 Å². The van der Waals surface area contributed by atoms with E-state index in [0.717, 1.165) is 31.7 Å². The molecule has 7 heteroatoms. The van der Waals surface area contributed by atoms with E-state index in [1.807, 2.05) is 18.7 Å². The number of nitrogens with zero attached hydrogens (tertiary/aromatic N) is 1. The van der Waals surface area contributed by atoms with Gasteiger partial charge in [0, 0.05) is 29.4 Å². The van der Waals surface area contributed by atoms with Gasteiger partial charge in [-0.3, -0.25) is 9.52 Å². The lowest BCUT2D eigenvalue weighted by Gasteiger charge is -2.38. The summed E-state index contributed by atoms with van der Waals surface area (Å²) in [5.41, 5.74) is 1.21. The van der Waals surface area contributed by atoms with Gasteiger partial charge >= 0.3 is 0 Å². The first-order valence-corrected chi connectivity index (χ1v) is 13.0. The highest BCUT2D eigenvalue weighted by molar-refractivity contribution is 7.98. The second-order valence-corrected chi connectivity index (χ2v) is 12.4. The monoisotopic (exact) mass is 486 g/mol. The second-order valence-electron chi connectivity index (χ2n) is 10.7. The molecule has 0 saturated carbocycles. The molecule has 1 N–H and O–H groups in total. The van der Waals surface area contributed by atoms with E-state index in [-0.39, 0.29) is 16.7 Å². The van der Waals surface area contributed by atoms with Crippen LogP contribution in [0.2, 0.25) is 0 Å². The zero-order chi connectivity index (χ0) is 24.5. The Morgan fingerprint density at radius 3 is 2.50 bits per heavy atom. The van der Waals surface area contributed by atoms with Gasteiger partial charge in [-0.2, -0.15) is 0 Å². The minimum Gasteiger partial charge on any atom is -0.496 e. The van der Waals surface area contributed by atoms with Crippen LogP contribution < -0.4 is 9.46 Å². The Morgan fingerprint density at radius 1 is 1.18 bits per heavy atom. The molecule has 0 radical (unpaired) electrons. The van der Waals surface area contributed by atoms with Crippen molar-refractivity contribution in [2.75, 3.05) is 26.8 Å². The van der Waals surface area contributed by atoms with Gasteiger partial charge in [0.15, 0.2) is 11.9 Å². The molecule has 186 valence electrons. The summed E-state index contributed by atoms with van der Waals surface area (Å²) in [6, 6.07) is 12.8. The van der Waals surface area contributed by atoms with Gasteiger partial charge in [0.05, 0.1) is 13.7 Å². The van der Waals surface area contributed by atoms with Crippen molar-refractivity contribution in [2.24, 2.45) is 5.92 Å². The van der Waals surface area contributed by atoms with Gasteiger partial charge in [0.25, 0.3) is 5.91 Å². The first kappa shape index (κ1) is 25.3. The molecule has 0 aliphatic carbocycles. The fourth-order valence-corrected chi connectivity index (χ4v) is 5.66. The van der Waals surface area contributed by atoms with Crippen LogP contribution in [0.5, 0.6) is 5.75 Å². The number of hydrogen-bond donors (Lipinski definition) is 1. The summed E-state index contributed by atoms with van der Waals surface area (Å²) in [7, 11) is 1.74. The maximum absolute atomic E-state index is 13.0. The Kier molecular flexibility index (Phi) is 7.48. The lowest BCUT2D eigenvalue weighted by atomic mass is 9.83. The van der Waals surface area contributed by atoms with E-state index in [4.69, 9.17) is 14.2 Å². The standard InChI is InChI=1S/C27H38N2O4S/c1-26(2,3)34-28-24(23-20-10-8-7-9-18(20)11-12-21(23)31-6)19-13-15-29(16-14-19)25(30)22-17-32-27(4,5)33-22/h7-12,19,22,24,28H,13-17H2,1-6H3. The molecular formula is C27H38N2O4S. The molecule has 2 unspecified atom stereocenters.